The number of nitriles is 1. The zero-order valence-corrected chi connectivity index (χ0v) is 13.3. The van der Waals surface area contributed by atoms with Crippen LogP contribution >= 0.6 is 0 Å². The largest absolute Gasteiger partial charge is 0.317 e. The molecule has 0 radical (unpaired) electrons. The Balaban J connectivity index is 2.22. The Kier molecular flexibility index (Phi) is 4.99. The lowest BCUT2D eigenvalue weighted by Gasteiger charge is -2.27. The third-order valence-electron chi connectivity index (χ3n) is 3.98. The molecular weight excluding hydrogens is 286 g/mol. The van der Waals surface area contributed by atoms with Crippen LogP contribution in [0.1, 0.15) is 24.0 Å². The monoisotopic (exact) mass is 307 g/mol. The van der Waals surface area contributed by atoms with Gasteiger partial charge in [0.2, 0.25) is 10.0 Å². The third kappa shape index (κ3) is 3.62. The molecule has 21 heavy (non-hydrogen) atoms. The summed E-state index contributed by atoms with van der Waals surface area (Å²) in [4.78, 5) is 0.234. The van der Waals surface area contributed by atoms with Crippen molar-refractivity contribution in [1.29, 1.82) is 5.26 Å². The van der Waals surface area contributed by atoms with Crippen LogP contribution in [0.25, 0.3) is 0 Å². The third-order valence-corrected chi connectivity index (χ3v) is 5.94. The van der Waals surface area contributed by atoms with E-state index in [1.807, 2.05) is 6.07 Å². The Morgan fingerprint density at radius 3 is 2.67 bits per heavy atom. The van der Waals surface area contributed by atoms with Crippen LogP contribution in [-0.2, 0) is 10.0 Å². The number of hydrogen-bond donors (Lipinski definition) is 1. The van der Waals surface area contributed by atoms with Gasteiger partial charge in [0.1, 0.15) is 0 Å². The Morgan fingerprint density at radius 1 is 1.38 bits per heavy atom. The molecule has 2 rings (SSSR count). The van der Waals surface area contributed by atoms with Gasteiger partial charge in [0.25, 0.3) is 0 Å². The molecule has 0 unspecified atom stereocenters. The van der Waals surface area contributed by atoms with Crippen molar-refractivity contribution in [2.24, 2.45) is 5.92 Å². The summed E-state index contributed by atoms with van der Waals surface area (Å²) in [6.45, 7) is 4.18. The number of hydrogen-bond acceptors (Lipinski definition) is 4. The van der Waals surface area contributed by atoms with Gasteiger partial charge in [-0.1, -0.05) is 6.07 Å². The second-order valence-corrected chi connectivity index (χ2v) is 7.58. The second-order valence-electron chi connectivity index (χ2n) is 5.57. The van der Waals surface area contributed by atoms with Crippen molar-refractivity contribution in [3.8, 4) is 6.07 Å². The zero-order chi connectivity index (χ0) is 15.5. The van der Waals surface area contributed by atoms with Crippen LogP contribution in [0, 0.1) is 24.2 Å². The number of rotatable bonds is 4. The highest BCUT2D eigenvalue weighted by atomic mass is 32.2. The first-order valence-corrected chi connectivity index (χ1v) is 8.57. The van der Waals surface area contributed by atoms with Gasteiger partial charge in [0.05, 0.1) is 16.5 Å². The highest BCUT2D eigenvalue weighted by Gasteiger charge is 2.26. The number of benzene rings is 1. The predicted octanol–water partition coefficient (Wildman–Crippen LogP) is 1.49. The van der Waals surface area contributed by atoms with E-state index in [0.29, 0.717) is 23.6 Å². The normalized spacial score (nSPS) is 16.9. The molecule has 0 aromatic heterocycles. The van der Waals surface area contributed by atoms with Gasteiger partial charge in [0.15, 0.2) is 0 Å². The van der Waals surface area contributed by atoms with Crippen molar-refractivity contribution in [2.45, 2.75) is 24.7 Å². The topological polar surface area (TPSA) is 73.2 Å². The van der Waals surface area contributed by atoms with Crippen LogP contribution in [0.5, 0.6) is 0 Å². The molecule has 1 fully saturated rings. The molecule has 0 atom stereocenters. The molecule has 114 valence electrons. The lowest BCUT2D eigenvalue weighted by Crippen LogP contribution is -2.37. The molecule has 1 aliphatic rings. The number of piperidine rings is 1. The van der Waals surface area contributed by atoms with Crippen LogP contribution < -0.4 is 5.32 Å². The maximum absolute atomic E-state index is 12.7. The van der Waals surface area contributed by atoms with Gasteiger partial charge in [-0.25, -0.2) is 12.7 Å². The van der Waals surface area contributed by atoms with Crippen molar-refractivity contribution in [2.75, 3.05) is 26.7 Å². The summed E-state index contributed by atoms with van der Waals surface area (Å²) >= 11 is 0. The van der Waals surface area contributed by atoms with Gasteiger partial charge >= 0.3 is 0 Å². The molecule has 0 amide bonds. The average molecular weight is 307 g/mol. The summed E-state index contributed by atoms with van der Waals surface area (Å²) < 4.78 is 26.8. The standard InChI is InChI=1S/C15H21N3O2S/c1-12-3-4-14(10-16)9-15(12)21(19,20)18(2)11-13-5-7-17-8-6-13/h3-4,9,13,17H,5-8,11H2,1-2H3. The van der Waals surface area contributed by atoms with Crippen molar-refractivity contribution < 1.29 is 8.42 Å². The molecule has 1 N–H and O–H groups in total. The fourth-order valence-corrected chi connectivity index (χ4v) is 4.14. The Bertz CT molecular complexity index is 643. The molecule has 1 aromatic carbocycles. The van der Waals surface area contributed by atoms with E-state index in [4.69, 9.17) is 5.26 Å². The smallest absolute Gasteiger partial charge is 0.243 e. The van der Waals surface area contributed by atoms with Gasteiger partial charge in [-0.3, -0.25) is 0 Å². The SMILES string of the molecule is Cc1ccc(C#N)cc1S(=O)(=O)N(C)CC1CCNCC1. The first-order valence-electron chi connectivity index (χ1n) is 7.13. The van der Waals surface area contributed by atoms with Gasteiger partial charge in [-0.15, -0.1) is 0 Å². The quantitative estimate of drug-likeness (QED) is 0.914. The zero-order valence-electron chi connectivity index (χ0n) is 12.5. The summed E-state index contributed by atoms with van der Waals surface area (Å²) in [5.74, 6) is 0.394. The van der Waals surface area contributed by atoms with Crippen LogP contribution in [0.2, 0.25) is 0 Å². The summed E-state index contributed by atoms with van der Waals surface area (Å²) in [5, 5.41) is 12.2. The summed E-state index contributed by atoms with van der Waals surface area (Å²) in [7, 11) is -1.92. The molecule has 1 heterocycles. The molecule has 6 heteroatoms. The highest BCUT2D eigenvalue weighted by molar-refractivity contribution is 7.89. The van der Waals surface area contributed by atoms with Crippen molar-refractivity contribution in [1.82, 2.24) is 9.62 Å². The Morgan fingerprint density at radius 2 is 2.05 bits per heavy atom. The second kappa shape index (κ2) is 6.56. The molecule has 0 spiro atoms. The maximum Gasteiger partial charge on any atom is 0.243 e. The van der Waals surface area contributed by atoms with E-state index in [9.17, 15) is 8.42 Å². The highest BCUT2D eigenvalue weighted by Crippen LogP contribution is 2.22. The molecule has 1 aliphatic heterocycles. The molecule has 0 saturated carbocycles. The lowest BCUT2D eigenvalue weighted by atomic mass is 9.98. The fraction of sp³-hybridized carbons (Fsp3) is 0.533. The number of aryl methyl sites for hydroxylation is 1. The van der Waals surface area contributed by atoms with Gasteiger partial charge < -0.3 is 5.32 Å². The summed E-state index contributed by atoms with van der Waals surface area (Å²) in [6, 6.07) is 6.78. The minimum Gasteiger partial charge on any atom is -0.317 e. The van der Waals surface area contributed by atoms with Gasteiger partial charge in [-0.05, 0) is 56.5 Å². The van der Waals surface area contributed by atoms with Gasteiger partial charge in [0, 0.05) is 13.6 Å². The predicted molar refractivity (Wildman–Crippen MR) is 81.3 cm³/mol. The van der Waals surface area contributed by atoms with Crippen LogP contribution in [0.15, 0.2) is 23.1 Å². The molecule has 5 nitrogen and oxygen atoms in total. The Labute approximate surface area is 126 Å². The Hall–Kier alpha value is -1.42. The molecule has 0 bridgehead atoms. The van der Waals surface area contributed by atoms with E-state index in [1.165, 1.54) is 10.4 Å². The summed E-state index contributed by atoms with van der Waals surface area (Å²) in [5.41, 5.74) is 1.04. The van der Waals surface area contributed by atoms with Crippen LogP contribution in [0.4, 0.5) is 0 Å². The van der Waals surface area contributed by atoms with Crippen molar-refractivity contribution in [3.05, 3.63) is 29.3 Å². The van der Waals surface area contributed by atoms with Crippen molar-refractivity contribution >= 4 is 10.0 Å². The number of sulfonamides is 1. The first-order chi connectivity index (χ1) is 9.95. The minimum absolute atomic E-state index is 0.234. The van der Waals surface area contributed by atoms with Crippen molar-refractivity contribution in [3.63, 3.8) is 0 Å². The van der Waals surface area contributed by atoms with E-state index >= 15 is 0 Å². The van der Waals surface area contributed by atoms with Crippen LogP contribution in [0.3, 0.4) is 0 Å². The number of nitrogens with zero attached hydrogens (tertiary/aromatic N) is 2. The van der Waals surface area contributed by atoms with E-state index in [1.54, 1.807) is 26.1 Å². The van der Waals surface area contributed by atoms with E-state index in [0.717, 1.165) is 25.9 Å². The lowest BCUT2D eigenvalue weighted by molar-refractivity contribution is 0.311. The number of nitrogens with one attached hydrogen (secondary N) is 1. The van der Waals surface area contributed by atoms with Crippen LogP contribution in [-0.4, -0.2) is 39.4 Å². The first kappa shape index (κ1) is 16.0. The van der Waals surface area contributed by atoms with E-state index < -0.39 is 10.0 Å². The maximum atomic E-state index is 12.7. The van der Waals surface area contributed by atoms with E-state index in [2.05, 4.69) is 5.32 Å². The average Bonchev–Trinajstić information content (AvgIpc) is 2.48. The molecule has 1 saturated heterocycles. The van der Waals surface area contributed by atoms with E-state index in [-0.39, 0.29) is 4.90 Å². The fourth-order valence-electron chi connectivity index (χ4n) is 2.64. The molecule has 1 aromatic rings. The minimum atomic E-state index is -3.54. The molecular formula is C15H21N3O2S. The molecule has 0 aliphatic carbocycles. The van der Waals surface area contributed by atoms with Gasteiger partial charge in [-0.2, -0.15) is 5.26 Å². The summed E-state index contributed by atoms with van der Waals surface area (Å²) in [6.07, 6.45) is 1.99.